The van der Waals surface area contributed by atoms with E-state index in [9.17, 15) is 59.4 Å². The van der Waals surface area contributed by atoms with E-state index in [0.29, 0.717) is 68.0 Å². The summed E-state index contributed by atoms with van der Waals surface area (Å²) in [7, 11) is 3.92. The maximum atomic E-state index is 16.0. The number of carbonyl (C=O) groups excluding carboxylic acids is 4. The van der Waals surface area contributed by atoms with Gasteiger partial charge in [-0.05, 0) is 102 Å². The molecule has 78 heavy (non-hydrogen) atoms. The summed E-state index contributed by atoms with van der Waals surface area (Å²) >= 11 is 0. The third-order valence-electron chi connectivity index (χ3n) is 14.0. The van der Waals surface area contributed by atoms with Gasteiger partial charge in [-0.15, -0.1) is 0 Å². The molecular formula is C51H58F10N10O7. The van der Waals surface area contributed by atoms with Crippen molar-refractivity contribution in [3.05, 3.63) is 101 Å². The van der Waals surface area contributed by atoms with Gasteiger partial charge in [-0.3, -0.25) is 19.9 Å². The SMILES string of the molecule is CNC(=O)O[C@H](C(=O)NN(Cc1c(F)cc(-c2cnn(C(F)F)c2)cc1F)C[C@H](O)[C@H](Cc1ccc(C#Cc2ccc(N3C[C@@H]4CC[C@@H](C3)N4C)nc2)cc1)NC(=O)[C@@H](NC(=O)OC)C(C)(C)C(F)(F)F)C(C)(C)C(F)(F)F. The molecule has 2 aliphatic heterocycles. The summed E-state index contributed by atoms with van der Waals surface area (Å²) in [5.41, 5.74) is -4.33. The summed E-state index contributed by atoms with van der Waals surface area (Å²) in [5, 5.41) is 22.0. The van der Waals surface area contributed by atoms with Crippen LogP contribution in [0.4, 0.5) is 59.3 Å². The van der Waals surface area contributed by atoms with Gasteiger partial charge < -0.3 is 35.4 Å². The number of hydrogen-bond donors (Lipinski definition) is 5. The minimum Gasteiger partial charge on any atom is -0.453 e. The molecule has 0 unspecified atom stereocenters. The number of piperazine rings is 1. The molecule has 2 aliphatic rings. The number of alkyl halides is 8. The fourth-order valence-electron chi connectivity index (χ4n) is 8.80. The number of pyridine rings is 1. The Labute approximate surface area is 442 Å². The number of hydrogen-bond acceptors (Lipinski definition) is 12. The zero-order valence-electron chi connectivity index (χ0n) is 43.2. The Morgan fingerprint density at radius 1 is 0.821 bits per heavy atom. The van der Waals surface area contributed by atoms with E-state index in [1.165, 1.54) is 12.1 Å². The summed E-state index contributed by atoms with van der Waals surface area (Å²) in [6.45, 7) is -1.51. The molecule has 6 atom stereocenters. The number of methoxy groups -OCH3 is 1. The molecule has 2 fully saturated rings. The van der Waals surface area contributed by atoms with E-state index in [-0.39, 0.29) is 21.4 Å². The molecule has 2 aromatic carbocycles. The lowest BCUT2D eigenvalue weighted by Crippen LogP contribution is -2.62. The van der Waals surface area contributed by atoms with Gasteiger partial charge >= 0.3 is 31.1 Å². The number of carbonyl (C=O) groups is 4. The topological polar surface area (TPSA) is 196 Å². The third-order valence-corrected chi connectivity index (χ3v) is 14.0. The second kappa shape index (κ2) is 24.2. The maximum Gasteiger partial charge on any atom is 0.407 e. The minimum absolute atomic E-state index is 0.175. The molecule has 0 radical (unpaired) electrons. The highest BCUT2D eigenvalue weighted by Crippen LogP contribution is 2.43. The highest BCUT2D eigenvalue weighted by atomic mass is 19.4. The van der Waals surface area contributed by atoms with Gasteiger partial charge in [0, 0.05) is 80.0 Å². The van der Waals surface area contributed by atoms with Crippen LogP contribution in [0.3, 0.4) is 0 Å². The van der Waals surface area contributed by atoms with Crippen LogP contribution < -0.4 is 26.3 Å². The molecule has 17 nitrogen and oxygen atoms in total. The minimum atomic E-state index is -5.26. The van der Waals surface area contributed by atoms with Crippen molar-refractivity contribution in [1.29, 1.82) is 0 Å². The van der Waals surface area contributed by atoms with Crippen molar-refractivity contribution in [2.75, 3.05) is 45.7 Å². The highest BCUT2D eigenvalue weighted by Gasteiger charge is 2.58. The summed E-state index contributed by atoms with van der Waals surface area (Å²) in [6, 6.07) is 7.79. The predicted molar refractivity (Wildman–Crippen MR) is 261 cm³/mol. The molecule has 27 heteroatoms. The van der Waals surface area contributed by atoms with Crippen LogP contribution in [-0.2, 0) is 32.0 Å². The van der Waals surface area contributed by atoms with Crippen molar-refractivity contribution < 1.29 is 77.7 Å². The number of alkyl carbamates (subject to hydrolysis) is 2. The Morgan fingerprint density at radius 3 is 1.94 bits per heavy atom. The van der Waals surface area contributed by atoms with Gasteiger partial charge in [0.05, 0.1) is 30.9 Å². The quantitative estimate of drug-likeness (QED) is 0.0396. The number of hydrazine groups is 1. The van der Waals surface area contributed by atoms with Gasteiger partial charge in [-0.1, -0.05) is 24.0 Å². The first kappa shape index (κ1) is 60.1. The maximum absolute atomic E-state index is 16.0. The smallest absolute Gasteiger partial charge is 0.407 e. The second-order valence-electron chi connectivity index (χ2n) is 20.0. The molecule has 4 amide bonds. The number of benzene rings is 2. The van der Waals surface area contributed by atoms with Crippen molar-refractivity contribution >= 4 is 29.8 Å². The third kappa shape index (κ3) is 14.1. The average Bonchev–Trinajstić information content (AvgIpc) is 3.94. The largest absolute Gasteiger partial charge is 0.453 e. The number of anilines is 1. The van der Waals surface area contributed by atoms with Crippen molar-refractivity contribution in [2.24, 2.45) is 10.8 Å². The van der Waals surface area contributed by atoms with E-state index in [4.69, 9.17) is 4.74 Å². The summed E-state index contributed by atoms with van der Waals surface area (Å²) in [6.07, 6.45) is -13.3. The van der Waals surface area contributed by atoms with Crippen LogP contribution >= 0.6 is 0 Å². The van der Waals surface area contributed by atoms with Crippen molar-refractivity contribution in [2.45, 2.75) is 109 Å². The number of halogens is 10. The van der Waals surface area contributed by atoms with Crippen molar-refractivity contribution in [1.82, 2.24) is 46.0 Å². The number of ether oxygens (including phenoxy) is 2. The first-order valence-electron chi connectivity index (χ1n) is 24.2. The molecule has 424 valence electrons. The average molecular weight is 1110 g/mol. The van der Waals surface area contributed by atoms with Crippen molar-refractivity contribution in [3.8, 4) is 23.0 Å². The molecule has 2 aromatic heterocycles. The van der Waals surface area contributed by atoms with Crippen molar-refractivity contribution in [3.63, 3.8) is 0 Å². The van der Waals surface area contributed by atoms with E-state index in [1.807, 2.05) is 28.2 Å². The number of likely N-dealkylation sites (N-methyl/N-ethyl adjacent to an activating group) is 1. The number of nitrogens with zero attached hydrogens (tertiary/aromatic N) is 6. The zero-order chi connectivity index (χ0) is 57.7. The lowest BCUT2D eigenvalue weighted by molar-refractivity contribution is -0.239. The Morgan fingerprint density at radius 2 is 1.41 bits per heavy atom. The van der Waals surface area contributed by atoms with Gasteiger partial charge in [-0.25, -0.2) is 33.0 Å². The first-order chi connectivity index (χ1) is 36.4. The standard InChI is InChI=1S/C51H58F10N10O7/c1-48(2,50(56,57)58)41(66-47(76)77-7)43(73)65-38(18-29-11-8-28(9-12-29)10-13-30-14-17-40(63-21-30)69-24-33-15-16-34(25-69)68(33)6)39(72)27-70(67-44(74)42(78-46(75)62-5)49(3,4)51(59,60)61)26-35-36(52)19-31(20-37(35)53)32-22-64-71(23-32)45(54)55/h8-9,11-12,14,17,19-23,33-34,38-39,41-42,45,72H,15-16,18,24-27H2,1-7H3,(H,62,75)(H,65,73)(H,66,76)(H,67,74)/t33-,34-,38-,39-,41+,42+/m0/s1. The number of fused-ring (bicyclic) bond motifs is 2. The fraction of sp³-hybridized carbons (Fsp3) is 0.490. The number of aliphatic hydroxyl groups is 1. The zero-order valence-corrected chi connectivity index (χ0v) is 43.2. The van der Waals surface area contributed by atoms with E-state index in [0.717, 1.165) is 58.3 Å². The van der Waals surface area contributed by atoms with Crippen LogP contribution in [0.15, 0.2) is 67.1 Å². The molecule has 0 spiro atoms. The molecule has 5 N–H and O–H groups in total. The van der Waals surface area contributed by atoms with Crippen LogP contribution in [0, 0.1) is 34.3 Å². The first-order valence-corrected chi connectivity index (χ1v) is 24.2. The Bertz CT molecular complexity index is 2800. The molecule has 2 bridgehead atoms. The molecule has 4 aromatic rings. The summed E-state index contributed by atoms with van der Waals surface area (Å²) < 4.78 is 155. The highest BCUT2D eigenvalue weighted by molar-refractivity contribution is 5.87. The van der Waals surface area contributed by atoms with Crippen LogP contribution in [0.25, 0.3) is 11.1 Å². The van der Waals surface area contributed by atoms with E-state index < -0.39 is 115 Å². The molecule has 0 aliphatic carbocycles. The van der Waals surface area contributed by atoms with E-state index >= 15 is 8.78 Å². The van der Waals surface area contributed by atoms with Crippen LogP contribution in [0.1, 0.15) is 69.3 Å². The number of aromatic nitrogens is 3. The van der Waals surface area contributed by atoms with Crippen LogP contribution in [0.2, 0.25) is 0 Å². The van der Waals surface area contributed by atoms with Gasteiger partial charge in [0.1, 0.15) is 28.9 Å². The lowest BCUT2D eigenvalue weighted by atomic mass is 9.82. The van der Waals surface area contributed by atoms with Crippen LogP contribution in [-0.4, -0.2) is 143 Å². The molecule has 2 saturated heterocycles. The molecule has 6 rings (SSSR count). The Balaban J connectivity index is 1.34. The monoisotopic (exact) mass is 1110 g/mol. The van der Waals surface area contributed by atoms with Crippen LogP contribution in [0.5, 0.6) is 0 Å². The van der Waals surface area contributed by atoms with Gasteiger partial charge in [0.25, 0.3) is 5.91 Å². The Kier molecular flexibility index (Phi) is 18.7. The Hall–Kier alpha value is -7.18. The number of rotatable bonds is 18. The predicted octanol–water partition coefficient (Wildman–Crippen LogP) is 6.85. The van der Waals surface area contributed by atoms with Gasteiger partial charge in [-0.2, -0.15) is 40.2 Å². The number of nitrogens with one attached hydrogen (secondary N) is 4. The van der Waals surface area contributed by atoms with E-state index in [1.54, 1.807) is 18.3 Å². The number of aliphatic hydroxyl groups excluding tert-OH is 1. The molecule has 0 saturated carbocycles. The second-order valence-corrected chi connectivity index (χ2v) is 20.0. The van der Waals surface area contributed by atoms with E-state index in [2.05, 4.69) is 48.8 Å². The normalized spacial score (nSPS) is 17.6. The molecular weight excluding hydrogens is 1050 g/mol. The number of amides is 4. The summed E-state index contributed by atoms with van der Waals surface area (Å²) in [4.78, 5) is 62.0. The van der Waals surface area contributed by atoms with Gasteiger partial charge in [0.2, 0.25) is 5.91 Å². The lowest BCUT2D eigenvalue weighted by Gasteiger charge is -2.39. The fourth-order valence-corrected chi connectivity index (χ4v) is 8.80. The molecule has 4 heterocycles. The van der Waals surface area contributed by atoms with Gasteiger partial charge in [0.15, 0.2) is 6.10 Å². The summed E-state index contributed by atoms with van der Waals surface area (Å²) in [5.74, 6) is 0.703.